The Morgan fingerprint density at radius 3 is 2.69 bits per heavy atom. The first-order valence-corrected chi connectivity index (χ1v) is 8.20. The van der Waals surface area contributed by atoms with E-state index in [4.69, 9.17) is 4.74 Å². The number of halogens is 1. The predicted octanol–water partition coefficient (Wildman–Crippen LogP) is 2.71. The van der Waals surface area contributed by atoms with Gasteiger partial charge in [-0.2, -0.15) is 0 Å². The lowest BCUT2D eigenvalue weighted by molar-refractivity contribution is -0.113. The van der Waals surface area contributed by atoms with E-state index in [-0.39, 0.29) is 30.3 Å². The molecule has 1 N–H and O–H groups in total. The highest BCUT2D eigenvalue weighted by Gasteiger charge is 2.22. The van der Waals surface area contributed by atoms with Crippen molar-refractivity contribution in [3.05, 3.63) is 72.1 Å². The van der Waals surface area contributed by atoms with E-state index in [2.05, 4.69) is 11.9 Å². The summed E-state index contributed by atoms with van der Waals surface area (Å²) in [5.74, 6) is -0.272. The van der Waals surface area contributed by atoms with Gasteiger partial charge in [0.15, 0.2) is 0 Å². The van der Waals surface area contributed by atoms with Crippen LogP contribution >= 0.6 is 0 Å². The number of anilines is 1. The van der Waals surface area contributed by atoms with Crippen molar-refractivity contribution in [3.63, 3.8) is 0 Å². The summed E-state index contributed by atoms with van der Waals surface area (Å²) < 4.78 is 18.7. The van der Waals surface area contributed by atoms with E-state index < -0.39 is 0 Å². The van der Waals surface area contributed by atoms with Crippen LogP contribution in [0.4, 0.5) is 10.1 Å². The number of fused-ring (bicyclic) bond motifs is 1. The van der Waals surface area contributed by atoms with Crippen molar-refractivity contribution in [1.29, 1.82) is 0 Å². The molecule has 0 saturated heterocycles. The molecule has 2 amide bonds. The Morgan fingerprint density at radius 1 is 1.27 bits per heavy atom. The maximum atomic E-state index is 13.2. The summed E-state index contributed by atoms with van der Waals surface area (Å²) >= 11 is 0. The first kappa shape index (κ1) is 17.7. The molecule has 1 aliphatic heterocycles. The molecule has 0 spiro atoms. The van der Waals surface area contributed by atoms with Gasteiger partial charge in [-0.25, -0.2) is 4.39 Å². The third-order valence-corrected chi connectivity index (χ3v) is 4.29. The monoisotopic (exact) mass is 354 g/mol. The van der Waals surface area contributed by atoms with Gasteiger partial charge in [0.1, 0.15) is 18.2 Å². The number of rotatable bonds is 4. The number of hydrogen-bond donors (Lipinski definition) is 1. The van der Waals surface area contributed by atoms with Crippen LogP contribution < -0.4 is 15.0 Å². The molecule has 3 rings (SSSR count). The van der Waals surface area contributed by atoms with Crippen molar-refractivity contribution in [2.45, 2.75) is 12.5 Å². The fraction of sp³-hybridized carbons (Fsp3) is 0.200. The van der Waals surface area contributed by atoms with Crippen LogP contribution in [0.25, 0.3) is 0 Å². The lowest BCUT2D eigenvalue weighted by atomic mass is 10.0. The Kier molecular flexibility index (Phi) is 5.02. The number of nitrogens with one attached hydrogen (secondary N) is 1. The Balaban J connectivity index is 1.64. The van der Waals surface area contributed by atoms with Gasteiger partial charge in [-0.05, 0) is 48.4 Å². The zero-order valence-corrected chi connectivity index (χ0v) is 14.4. The fourth-order valence-electron chi connectivity index (χ4n) is 2.81. The number of carbonyl (C=O) groups excluding carboxylic acids is 2. The number of hydrogen-bond acceptors (Lipinski definition) is 3. The molecule has 6 heteroatoms. The zero-order chi connectivity index (χ0) is 18.7. The van der Waals surface area contributed by atoms with E-state index in [0.29, 0.717) is 23.4 Å². The summed E-state index contributed by atoms with van der Waals surface area (Å²) in [5.41, 5.74) is 2.02. The minimum Gasteiger partial charge on any atom is -0.491 e. The predicted molar refractivity (Wildman–Crippen MR) is 96.9 cm³/mol. The van der Waals surface area contributed by atoms with E-state index in [0.717, 1.165) is 5.56 Å². The van der Waals surface area contributed by atoms with Crippen LogP contribution in [-0.4, -0.2) is 31.5 Å². The van der Waals surface area contributed by atoms with Gasteiger partial charge in [0.05, 0.1) is 6.04 Å². The Bertz CT molecular complexity index is 849. The van der Waals surface area contributed by atoms with E-state index >= 15 is 0 Å². The fourth-order valence-corrected chi connectivity index (χ4v) is 2.81. The van der Waals surface area contributed by atoms with Crippen molar-refractivity contribution < 1.29 is 18.7 Å². The largest absolute Gasteiger partial charge is 0.491 e. The summed E-state index contributed by atoms with van der Waals surface area (Å²) in [4.78, 5) is 25.5. The van der Waals surface area contributed by atoms with Gasteiger partial charge in [-0.3, -0.25) is 9.59 Å². The average Bonchev–Trinajstić information content (AvgIpc) is 2.67. The molecule has 1 aliphatic rings. The molecule has 134 valence electrons. The number of nitrogens with zero attached hydrogens (tertiary/aromatic N) is 1. The summed E-state index contributed by atoms with van der Waals surface area (Å²) in [6, 6.07) is 10.9. The van der Waals surface area contributed by atoms with Crippen molar-refractivity contribution in [3.8, 4) is 5.75 Å². The third kappa shape index (κ3) is 3.74. The molecule has 1 heterocycles. The normalized spacial score (nSPS) is 15.4. The topological polar surface area (TPSA) is 58.6 Å². The summed E-state index contributed by atoms with van der Waals surface area (Å²) in [6.07, 6.45) is 1.81. The smallest absolute Gasteiger partial charge is 0.251 e. The number of likely N-dealkylation sites (N-methyl/N-ethyl adjacent to an activating group) is 1. The first-order chi connectivity index (χ1) is 12.5. The minimum absolute atomic E-state index is 0.190. The highest BCUT2D eigenvalue weighted by molar-refractivity contribution is 6.01. The van der Waals surface area contributed by atoms with Crippen LogP contribution in [-0.2, 0) is 11.2 Å². The van der Waals surface area contributed by atoms with Crippen LogP contribution in [0.15, 0.2) is 55.1 Å². The molecule has 1 unspecified atom stereocenters. The quantitative estimate of drug-likeness (QED) is 0.859. The molecule has 26 heavy (non-hydrogen) atoms. The lowest BCUT2D eigenvalue weighted by Gasteiger charge is -2.26. The van der Waals surface area contributed by atoms with Gasteiger partial charge in [-0.1, -0.05) is 12.6 Å². The molecule has 2 aromatic rings. The number of benzene rings is 2. The van der Waals surface area contributed by atoms with Crippen molar-refractivity contribution in [1.82, 2.24) is 5.32 Å². The van der Waals surface area contributed by atoms with Crippen LogP contribution in [0.2, 0.25) is 0 Å². The SMILES string of the molecule is C=CC(=O)N(C)c1ccc(C(=O)NC2COc3cc(F)ccc3C2)cc1. The van der Waals surface area contributed by atoms with Gasteiger partial charge >= 0.3 is 0 Å². The molecule has 5 nitrogen and oxygen atoms in total. The van der Waals surface area contributed by atoms with E-state index in [1.54, 1.807) is 37.4 Å². The zero-order valence-electron chi connectivity index (χ0n) is 14.4. The first-order valence-electron chi connectivity index (χ1n) is 8.20. The van der Waals surface area contributed by atoms with E-state index in [1.807, 2.05) is 0 Å². The molecule has 0 radical (unpaired) electrons. The number of carbonyl (C=O) groups is 2. The highest BCUT2D eigenvalue weighted by atomic mass is 19.1. The number of ether oxygens (including phenoxy) is 1. The van der Waals surface area contributed by atoms with Crippen LogP contribution in [0, 0.1) is 5.82 Å². The molecule has 0 aromatic heterocycles. The molecule has 0 aliphatic carbocycles. The van der Waals surface area contributed by atoms with Crippen LogP contribution in [0.3, 0.4) is 0 Å². The van der Waals surface area contributed by atoms with Crippen molar-refractivity contribution >= 4 is 17.5 Å². The summed E-state index contributed by atoms with van der Waals surface area (Å²) in [6.45, 7) is 3.74. The minimum atomic E-state index is -0.341. The van der Waals surface area contributed by atoms with Gasteiger partial charge in [-0.15, -0.1) is 0 Å². The van der Waals surface area contributed by atoms with Gasteiger partial charge in [0.2, 0.25) is 5.91 Å². The second-order valence-electron chi connectivity index (χ2n) is 6.09. The Morgan fingerprint density at radius 2 is 2.00 bits per heavy atom. The van der Waals surface area contributed by atoms with Gasteiger partial charge < -0.3 is 15.0 Å². The Hall–Kier alpha value is -3.15. The summed E-state index contributed by atoms with van der Waals surface area (Å²) in [5, 5.41) is 2.92. The second kappa shape index (κ2) is 7.39. The molecule has 2 aromatic carbocycles. The average molecular weight is 354 g/mol. The molecule has 0 bridgehead atoms. The highest BCUT2D eigenvalue weighted by Crippen LogP contribution is 2.25. The molecule has 1 atom stereocenters. The maximum Gasteiger partial charge on any atom is 0.251 e. The van der Waals surface area contributed by atoms with Gasteiger partial charge in [0, 0.05) is 24.4 Å². The second-order valence-corrected chi connectivity index (χ2v) is 6.09. The molecule has 0 saturated carbocycles. The van der Waals surface area contributed by atoms with E-state index in [9.17, 15) is 14.0 Å². The standard InChI is InChI=1S/C20H19FN2O3/c1-3-19(24)23(2)17-8-5-13(6-9-17)20(25)22-16-10-14-4-7-15(21)11-18(14)26-12-16/h3-9,11,16H,1,10,12H2,2H3,(H,22,25). The lowest BCUT2D eigenvalue weighted by Crippen LogP contribution is -2.42. The van der Waals surface area contributed by atoms with E-state index in [1.165, 1.54) is 23.1 Å². The third-order valence-electron chi connectivity index (χ3n) is 4.29. The summed E-state index contributed by atoms with van der Waals surface area (Å²) in [7, 11) is 1.64. The van der Waals surface area contributed by atoms with Gasteiger partial charge in [0.25, 0.3) is 5.91 Å². The molecular weight excluding hydrogens is 335 g/mol. The van der Waals surface area contributed by atoms with Crippen LogP contribution in [0.1, 0.15) is 15.9 Å². The van der Waals surface area contributed by atoms with Crippen molar-refractivity contribution in [2.75, 3.05) is 18.6 Å². The Labute approximate surface area is 151 Å². The van der Waals surface area contributed by atoms with Crippen LogP contribution in [0.5, 0.6) is 5.75 Å². The van der Waals surface area contributed by atoms with Crippen molar-refractivity contribution in [2.24, 2.45) is 0 Å². The maximum absolute atomic E-state index is 13.2. The molecular formula is C20H19FN2O3. The molecule has 0 fully saturated rings. The number of amides is 2.